The molecule has 4 heterocycles. The lowest BCUT2D eigenvalue weighted by Gasteiger charge is -2.35. The lowest BCUT2D eigenvalue weighted by Crippen LogP contribution is -2.48. The van der Waals surface area contributed by atoms with Crippen LogP contribution in [0.3, 0.4) is 0 Å². The minimum absolute atomic E-state index is 0.0484. The molecule has 1 saturated heterocycles. The number of morpholine rings is 1. The van der Waals surface area contributed by atoms with Crippen LogP contribution in [0, 0.1) is 13.8 Å². The third kappa shape index (κ3) is 3.41. The molecule has 2 aliphatic heterocycles. The largest absolute Gasteiger partial charge is 0.466 e. The van der Waals surface area contributed by atoms with Crippen molar-refractivity contribution in [3.05, 3.63) is 41.1 Å². The van der Waals surface area contributed by atoms with E-state index in [1.165, 1.54) is 0 Å². The topological polar surface area (TPSA) is 63.7 Å². The molecular weight excluding hydrogens is 332 g/mol. The van der Waals surface area contributed by atoms with Gasteiger partial charge in [-0.15, -0.1) is 0 Å². The molecule has 0 saturated carbocycles. The summed E-state index contributed by atoms with van der Waals surface area (Å²) in [6.07, 6.45) is 2.71. The number of carbonyl (C=O) groups excluding carboxylic acids is 1. The summed E-state index contributed by atoms with van der Waals surface area (Å²) in [5.74, 6) is 1.51. The van der Waals surface area contributed by atoms with Gasteiger partial charge in [-0.25, -0.2) is 0 Å². The Morgan fingerprint density at radius 1 is 1.27 bits per heavy atom. The summed E-state index contributed by atoms with van der Waals surface area (Å²) in [6.45, 7) is 9.41. The maximum atomic E-state index is 13.4. The van der Waals surface area contributed by atoms with Crippen molar-refractivity contribution in [3.8, 4) is 0 Å². The number of carbonyl (C=O) groups is 1. The van der Waals surface area contributed by atoms with Crippen LogP contribution in [0.25, 0.3) is 0 Å². The van der Waals surface area contributed by atoms with Crippen molar-refractivity contribution >= 4 is 5.91 Å². The second-order valence-electron chi connectivity index (χ2n) is 7.16. The van der Waals surface area contributed by atoms with Crippen LogP contribution in [0.5, 0.6) is 0 Å². The fourth-order valence-corrected chi connectivity index (χ4v) is 3.93. The number of amides is 1. The van der Waals surface area contributed by atoms with Crippen LogP contribution in [0.2, 0.25) is 0 Å². The maximum Gasteiger partial charge on any atom is 0.258 e. The average Bonchev–Trinajstić information content (AvgIpc) is 3.18. The Morgan fingerprint density at radius 3 is 2.81 bits per heavy atom. The van der Waals surface area contributed by atoms with Gasteiger partial charge in [0, 0.05) is 38.4 Å². The van der Waals surface area contributed by atoms with E-state index >= 15 is 0 Å². The highest BCUT2D eigenvalue weighted by molar-refractivity contribution is 5.95. The van der Waals surface area contributed by atoms with Gasteiger partial charge in [0.05, 0.1) is 31.0 Å². The molecule has 2 aromatic heterocycles. The number of hydrogen-bond donors (Lipinski definition) is 0. The Balaban J connectivity index is 1.60. The van der Waals surface area contributed by atoms with Gasteiger partial charge in [0.25, 0.3) is 5.91 Å². The standard InChI is InChI=1S/C19H26N4O3/c1-14-11-18(15(2)26-14)19(24)22-13-17-3-5-20-23(17)6-4-16(22)12-21-7-9-25-10-8-21/h3,5,11,16H,4,6-10,12-13H2,1-2H3/t16-/m0/s1. The quantitative estimate of drug-likeness (QED) is 0.838. The first kappa shape index (κ1) is 17.3. The van der Waals surface area contributed by atoms with Crippen molar-refractivity contribution in [2.24, 2.45) is 0 Å². The summed E-state index contributed by atoms with van der Waals surface area (Å²) < 4.78 is 13.1. The Labute approximate surface area is 153 Å². The Morgan fingerprint density at radius 2 is 2.08 bits per heavy atom. The van der Waals surface area contributed by atoms with E-state index in [9.17, 15) is 4.79 Å². The van der Waals surface area contributed by atoms with E-state index < -0.39 is 0 Å². The molecule has 0 unspecified atom stereocenters. The molecule has 0 radical (unpaired) electrons. The number of rotatable bonds is 3. The Kier molecular flexibility index (Phi) is 4.82. The highest BCUT2D eigenvalue weighted by atomic mass is 16.5. The Hall–Kier alpha value is -2.12. The molecule has 0 spiro atoms. The van der Waals surface area contributed by atoms with Gasteiger partial charge in [-0.1, -0.05) is 0 Å². The summed E-state index contributed by atoms with van der Waals surface area (Å²) in [4.78, 5) is 17.8. The van der Waals surface area contributed by atoms with Gasteiger partial charge in [-0.05, 0) is 32.4 Å². The van der Waals surface area contributed by atoms with Crippen molar-refractivity contribution in [2.75, 3.05) is 32.8 Å². The molecule has 0 N–H and O–H groups in total. The lowest BCUT2D eigenvalue weighted by atomic mass is 10.1. The molecule has 1 amide bonds. The molecule has 2 aromatic rings. The fourth-order valence-electron chi connectivity index (χ4n) is 3.93. The van der Waals surface area contributed by atoms with Gasteiger partial charge in [0.2, 0.25) is 0 Å². The van der Waals surface area contributed by atoms with E-state index in [2.05, 4.69) is 10.00 Å². The van der Waals surface area contributed by atoms with E-state index in [0.29, 0.717) is 17.9 Å². The minimum Gasteiger partial charge on any atom is -0.466 e. The van der Waals surface area contributed by atoms with Crippen molar-refractivity contribution in [3.63, 3.8) is 0 Å². The predicted molar refractivity (Wildman–Crippen MR) is 95.9 cm³/mol. The van der Waals surface area contributed by atoms with Crippen LogP contribution in [0.4, 0.5) is 0 Å². The number of furan rings is 1. The third-order valence-corrected chi connectivity index (χ3v) is 5.36. The second-order valence-corrected chi connectivity index (χ2v) is 7.16. The molecule has 4 rings (SSSR count). The normalized spacial score (nSPS) is 21.5. The molecule has 0 bridgehead atoms. The highest BCUT2D eigenvalue weighted by Gasteiger charge is 2.32. The number of hydrogen-bond acceptors (Lipinski definition) is 5. The summed E-state index contributed by atoms with van der Waals surface area (Å²) >= 11 is 0. The molecule has 1 fully saturated rings. The molecule has 0 aromatic carbocycles. The van der Waals surface area contributed by atoms with E-state index in [-0.39, 0.29) is 11.9 Å². The number of aromatic nitrogens is 2. The van der Waals surface area contributed by atoms with Crippen LogP contribution < -0.4 is 0 Å². The Bertz CT molecular complexity index is 776. The van der Waals surface area contributed by atoms with Gasteiger partial charge in [-0.2, -0.15) is 5.10 Å². The van der Waals surface area contributed by atoms with Crippen molar-refractivity contribution < 1.29 is 13.9 Å². The predicted octanol–water partition coefficient (Wildman–Crippen LogP) is 1.84. The molecule has 26 heavy (non-hydrogen) atoms. The SMILES string of the molecule is Cc1cc(C(=O)N2Cc3ccnn3CC[C@H]2CN2CCOCC2)c(C)o1. The lowest BCUT2D eigenvalue weighted by molar-refractivity contribution is 0.0202. The molecule has 7 nitrogen and oxygen atoms in total. The molecule has 0 aliphatic carbocycles. The van der Waals surface area contributed by atoms with Gasteiger partial charge in [0.1, 0.15) is 11.5 Å². The van der Waals surface area contributed by atoms with Crippen LogP contribution in [-0.2, 0) is 17.8 Å². The summed E-state index contributed by atoms with van der Waals surface area (Å²) in [5.41, 5.74) is 1.75. The maximum absolute atomic E-state index is 13.4. The van der Waals surface area contributed by atoms with Gasteiger partial charge in [0.15, 0.2) is 0 Å². The monoisotopic (exact) mass is 358 g/mol. The van der Waals surface area contributed by atoms with E-state index in [0.717, 1.165) is 57.3 Å². The minimum atomic E-state index is 0.0484. The highest BCUT2D eigenvalue weighted by Crippen LogP contribution is 2.24. The molecular formula is C19H26N4O3. The van der Waals surface area contributed by atoms with E-state index in [4.69, 9.17) is 9.15 Å². The number of ether oxygens (including phenoxy) is 1. The number of aryl methyl sites for hydroxylation is 3. The first-order valence-corrected chi connectivity index (χ1v) is 9.30. The van der Waals surface area contributed by atoms with Crippen molar-refractivity contribution in [2.45, 2.75) is 39.4 Å². The summed E-state index contributed by atoms with van der Waals surface area (Å²) in [6, 6.07) is 4.01. The molecule has 1 atom stereocenters. The van der Waals surface area contributed by atoms with Gasteiger partial charge < -0.3 is 14.1 Å². The number of nitrogens with zero attached hydrogens (tertiary/aromatic N) is 4. The first-order chi connectivity index (χ1) is 12.6. The van der Waals surface area contributed by atoms with Crippen molar-refractivity contribution in [1.29, 1.82) is 0 Å². The zero-order valence-electron chi connectivity index (χ0n) is 15.5. The van der Waals surface area contributed by atoms with E-state index in [1.807, 2.05) is 41.8 Å². The number of fused-ring (bicyclic) bond motifs is 1. The van der Waals surface area contributed by atoms with Crippen LogP contribution >= 0.6 is 0 Å². The molecule has 7 heteroatoms. The van der Waals surface area contributed by atoms with E-state index in [1.54, 1.807) is 0 Å². The van der Waals surface area contributed by atoms with Crippen LogP contribution in [0.1, 0.15) is 34.0 Å². The third-order valence-electron chi connectivity index (χ3n) is 5.36. The smallest absolute Gasteiger partial charge is 0.258 e. The van der Waals surface area contributed by atoms with Crippen molar-refractivity contribution in [1.82, 2.24) is 19.6 Å². The zero-order chi connectivity index (χ0) is 18.1. The van der Waals surface area contributed by atoms with Crippen LogP contribution in [-0.4, -0.2) is 64.4 Å². The van der Waals surface area contributed by atoms with Gasteiger partial charge >= 0.3 is 0 Å². The first-order valence-electron chi connectivity index (χ1n) is 9.30. The summed E-state index contributed by atoms with van der Waals surface area (Å²) in [7, 11) is 0. The zero-order valence-corrected chi connectivity index (χ0v) is 15.5. The second kappa shape index (κ2) is 7.25. The molecule has 2 aliphatic rings. The average molecular weight is 358 g/mol. The van der Waals surface area contributed by atoms with Gasteiger partial charge in [-0.3, -0.25) is 14.4 Å². The summed E-state index contributed by atoms with van der Waals surface area (Å²) in [5, 5.41) is 4.41. The fraction of sp³-hybridized carbons (Fsp3) is 0.579. The van der Waals surface area contributed by atoms with Crippen LogP contribution in [0.15, 0.2) is 22.7 Å². The molecule has 140 valence electrons.